The molecule has 1 aromatic heterocycles. The van der Waals surface area contributed by atoms with Gasteiger partial charge in [0.1, 0.15) is 18.0 Å². The number of nitrogens with one attached hydrogen (secondary N) is 1. The van der Waals surface area contributed by atoms with Crippen LogP contribution < -0.4 is 26.0 Å². The molecule has 0 aliphatic carbocycles. The second kappa shape index (κ2) is 10.3. The third kappa shape index (κ3) is 5.11. The first-order valence-corrected chi connectivity index (χ1v) is 11.2. The Morgan fingerprint density at radius 1 is 0.914 bits per heavy atom. The first-order chi connectivity index (χ1) is 16.9. The average molecular weight is 474 g/mol. The van der Waals surface area contributed by atoms with Gasteiger partial charge in [-0.3, -0.25) is 18.7 Å². The monoisotopic (exact) mass is 473 g/mol. The normalized spacial score (nSPS) is 10.8. The van der Waals surface area contributed by atoms with E-state index in [1.165, 1.54) is 16.2 Å². The first-order valence-electron chi connectivity index (χ1n) is 11.2. The third-order valence-corrected chi connectivity index (χ3v) is 5.82. The van der Waals surface area contributed by atoms with E-state index in [-0.39, 0.29) is 18.6 Å². The minimum atomic E-state index is -0.529. The van der Waals surface area contributed by atoms with Crippen molar-refractivity contribution >= 4 is 22.5 Å². The van der Waals surface area contributed by atoms with Gasteiger partial charge in [0, 0.05) is 12.6 Å². The number of fused-ring (bicyclic) bond motifs is 1. The van der Waals surface area contributed by atoms with E-state index in [0.29, 0.717) is 34.5 Å². The number of hydrogen-bond donors (Lipinski definition) is 1. The van der Waals surface area contributed by atoms with Crippen molar-refractivity contribution < 1.29 is 14.3 Å². The van der Waals surface area contributed by atoms with Gasteiger partial charge in [-0.15, -0.1) is 0 Å². The van der Waals surface area contributed by atoms with E-state index >= 15 is 0 Å². The van der Waals surface area contributed by atoms with Crippen LogP contribution in [0.15, 0.2) is 76.3 Å². The Hall–Kier alpha value is -4.33. The topological polar surface area (TPSA) is 91.6 Å². The number of carbonyl (C=O) groups excluding carboxylic acids is 1. The molecular formula is C27H27N3O5. The van der Waals surface area contributed by atoms with Crippen molar-refractivity contribution in [2.24, 2.45) is 0 Å². The zero-order chi connectivity index (χ0) is 24.9. The standard InChI is InChI=1S/C27H27N3O5/c1-18-7-6-8-19(15-18)13-14-29-26(32)21-9-4-5-10-23(21)30(27(29)33)17-25(31)28-22-12-11-20(34-2)16-24(22)35-3/h4-12,15-16H,13-14,17H2,1-3H3,(H,28,31). The zero-order valence-electron chi connectivity index (χ0n) is 19.9. The van der Waals surface area contributed by atoms with Crippen LogP contribution in [0.5, 0.6) is 11.5 Å². The molecule has 1 heterocycles. The SMILES string of the molecule is COc1ccc(NC(=O)Cn2c(=O)n(CCc3cccc(C)c3)c(=O)c3ccccc32)c(OC)c1. The number of nitrogens with zero attached hydrogens (tertiary/aromatic N) is 2. The molecule has 0 saturated carbocycles. The number of aromatic nitrogens is 2. The summed E-state index contributed by atoms with van der Waals surface area (Å²) in [5, 5.41) is 3.17. The summed E-state index contributed by atoms with van der Waals surface area (Å²) >= 11 is 0. The molecule has 4 rings (SSSR count). The number of aryl methyl sites for hydroxylation is 2. The molecule has 0 radical (unpaired) electrons. The van der Waals surface area contributed by atoms with Gasteiger partial charge in [0.2, 0.25) is 5.91 Å². The predicted molar refractivity (Wildman–Crippen MR) is 136 cm³/mol. The molecule has 0 spiro atoms. The Morgan fingerprint density at radius 3 is 2.46 bits per heavy atom. The van der Waals surface area contributed by atoms with Gasteiger partial charge in [0.15, 0.2) is 0 Å². The lowest BCUT2D eigenvalue weighted by molar-refractivity contribution is -0.116. The molecule has 0 bridgehead atoms. The molecule has 0 saturated heterocycles. The molecule has 8 nitrogen and oxygen atoms in total. The quantitative estimate of drug-likeness (QED) is 0.424. The van der Waals surface area contributed by atoms with Crippen molar-refractivity contribution in [1.29, 1.82) is 0 Å². The van der Waals surface area contributed by atoms with Crippen molar-refractivity contribution in [3.8, 4) is 11.5 Å². The zero-order valence-corrected chi connectivity index (χ0v) is 19.9. The highest BCUT2D eigenvalue weighted by molar-refractivity contribution is 5.93. The third-order valence-electron chi connectivity index (χ3n) is 5.82. The molecule has 8 heteroatoms. The van der Waals surface area contributed by atoms with Crippen molar-refractivity contribution in [3.05, 3.63) is 98.7 Å². The molecule has 35 heavy (non-hydrogen) atoms. The maximum absolute atomic E-state index is 13.4. The fourth-order valence-electron chi connectivity index (χ4n) is 4.06. The fourth-order valence-corrected chi connectivity index (χ4v) is 4.06. The van der Waals surface area contributed by atoms with Crippen LogP contribution in [0, 0.1) is 6.92 Å². The van der Waals surface area contributed by atoms with Gasteiger partial charge < -0.3 is 14.8 Å². The minimum absolute atomic E-state index is 0.208. The number of amides is 1. The molecular weight excluding hydrogens is 446 g/mol. The number of rotatable bonds is 8. The molecule has 0 aliphatic rings. The van der Waals surface area contributed by atoms with Crippen LogP contribution in [-0.4, -0.2) is 29.3 Å². The van der Waals surface area contributed by atoms with E-state index in [2.05, 4.69) is 5.32 Å². The Morgan fingerprint density at radius 2 is 1.71 bits per heavy atom. The molecule has 0 fully saturated rings. The van der Waals surface area contributed by atoms with Gasteiger partial charge in [-0.2, -0.15) is 0 Å². The number of methoxy groups -OCH3 is 2. The number of carbonyl (C=O) groups is 1. The lowest BCUT2D eigenvalue weighted by Crippen LogP contribution is -2.42. The van der Waals surface area contributed by atoms with Crippen molar-refractivity contribution in [2.75, 3.05) is 19.5 Å². The van der Waals surface area contributed by atoms with E-state index in [1.807, 2.05) is 31.2 Å². The van der Waals surface area contributed by atoms with Crippen LogP contribution in [0.1, 0.15) is 11.1 Å². The minimum Gasteiger partial charge on any atom is -0.497 e. The maximum Gasteiger partial charge on any atom is 0.331 e. The molecule has 0 aliphatic heterocycles. The maximum atomic E-state index is 13.4. The highest BCUT2D eigenvalue weighted by Crippen LogP contribution is 2.29. The smallest absolute Gasteiger partial charge is 0.331 e. The molecule has 1 N–H and O–H groups in total. The lowest BCUT2D eigenvalue weighted by atomic mass is 10.1. The Kier molecular flexibility index (Phi) is 7.01. The number of ether oxygens (including phenoxy) is 2. The molecule has 3 aromatic carbocycles. The van der Waals surface area contributed by atoms with Crippen LogP contribution in [0.25, 0.3) is 10.9 Å². The molecule has 0 atom stereocenters. The van der Waals surface area contributed by atoms with Crippen LogP contribution in [0.3, 0.4) is 0 Å². The summed E-state index contributed by atoms with van der Waals surface area (Å²) in [7, 11) is 3.03. The van der Waals surface area contributed by atoms with Crippen LogP contribution in [0.2, 0.25) is 0 Å². The van der Waals surface area contributed by atoms with E-state index in [0.717, 1.165) is 11.1 Å². The molecule has 180 valence electrons. The van der Waals surface area contributed by atoms with Gasteiger partial charge in [-0.05, 0) is 43.2 Å². The van der Waals surface area contributed by atoms with Crippen LogP contribution in [-0.2, 0) is 24.3 Å². The highest BCUT2D eigenvalue weighted by Gasteiger charge is 2.16. The van der Waals surface area contributed by atoms with E-state index in [9.17, 15) is 14.4 Å². The Labute approximate surface area is 202 Å². The number of benzene rings is 3. The summed E-state index contributed by atoms with van der Waals surface area (Å²) in [6.45, 7) is 1.94. The molecule has 4 aromatic rings. The summed E-state index contributed by atoms with van der Waals surface area (Å²) in [6.07, 6.45) is 0.518. The predicted octanol–water partition coefficient (Wildman–Crippen LogP) is 3.37. The van der Waals surface area contributed by atoms with Crippen molar-refractivity contribution in [2.45, 2.75) is 26.4 Å². The molecule has 1 amide bonds. The summed E-state index contributed by atoms with van der Waals surface area (Å²) in [5.74, 6) is 0.588. The number of anilines is 1. The first kappa shape index (κ1) is 23.8. The highest BCUT2D eigenvalue weighted by atomic mass is 16.5. The van der Waals surface area contributed by atoms with E-state index in [4.69, 9.17) is 9.47 Å². The van der Waals surface area contributed by atoms with Gasteiger partial charge >= 0.3 is 5.69 Å². The Balaban J connectivity index is 1.67. The van der Waals surface area contributed by atoms with E-state index in [1.54, 1.807) is 49.6 Å². The summed E-state index contributed by atoms with van der Waals surface area (Å²) in [4.78, 5) is 39.5. The second-order valence-electron chi connectivity index (χ2n) is 8.20. The number of hydrogen-bond acceptors (Lipinski definition) is 5. The van der Waals surface area contributed by atoms with Crippen LogP contribution >= 0.6 is 0 Å². The molecule has 0 unspecified atom stereocenters. The fraction of sp³-hybridized carbons (Fsp3) is 0.222. The van der Waals surface area contributed by atoms with Crippen molar-refractivity contribution in [1.82, 2.24) is 9.13 Å². The van der Waals surface area contributed by atoms with Gasteiger partial charge in [0.25, 0.3) is 5.56 Å². The largest absolute Gasteiger partial charge is 0.497 e. The van der Waals surface area contributed by atoms with Crippen molar-refractivity contribution in [3.63, 3.8) is 0 Å². The second-order valence-corrected chi connectivity index (χ2v) is 8.20. The number of para-hydroxylation sites is 1. The summed E-state index contributed by atoms with van der Waals surface area (Å²) in [5.41, 5.74) is 2.09. The van der Waals surface area contributed by atoms with Gasteiger partial charge in [-0.25, -0.2) is 4.79 Å². The Bertz CT molecular complexity index is 1500. The van der Waals surface area contributed by atoms with Gasteiger partial charge in [0.05, 0.1) is 30.8 Å². The lowest BCUT2D eigenvalue weighted by Gasteiger charge is -2.15. The summed E-state index contributed by atoms with van der Waals surface area (Å²) < 4.78 is 13.1. The van der Waals surface area contributed by atoms with E-state index < -0.39 is 11.6 Å². The average Bonchev–Trinajstić information content (AvgIpc) is 2.86. The van der Waals surface area contributed by atoms with Crippen LogP contribution in [0.4, 0.5) is 5.69 Å². The summed E-state index contributed by atoms with van der Waals surface area (Å²) in [6, 6.07) is 19.8. The van der Waals surface area contributed by atoms with Gasteiger partial charge in [-0.1, -0.05) is 42.0 Å².